The number of halogens is 3. The lowest BCUT2D eigenvalue weighted by molar-refractivity contribution is -0.178. The number of benzene rings is 2. The molecule has 1 unspecified atom stereocenters. The van der Waals surface area contributed by atoms with Crippen molar-refractivity contribution in [1.82, 2.24) is 0 Å². The molecule has 0 saturated carbocycles. The van der Waals surface area contributed by atoms with Gasteiger partial charge in [0.15, 0.2) is 0 Å². The average molecular weight is 295 g/mol. The van der Waals surface area contributed by atoms with E-state index in [0.29, 0.717) is 5.75 Å². The summed E-state index contributed by atoms with van der Waals surface area (Å²) >= 11 is 0. The first kappa shape index (κ1) is 15.4. The van der Waals surface area contributed by atoms with E-state index in [2.05, 4.69) is 0 Å². The monoisotopic (exact) mass is 295 g/mol. The highest BCUT2D eigenvalue weighted by atomic mass is 19.4. The molecule has 0 aromatic heterocycles. The van der Waals surface area contributed by atoms with Gasteiger partial charge in [0.2, 0.25) is 0 Å². The quantitative estimate of drug-likeness (QED) is 0.908. The second-order valence-electron chi connectivity index (χ2n) is 4.65. The normalized spacial score (nSPS) is 13.0. The summed E-state index contributed by atoms with van der Waals surface area (Å²) in [4.78, 5) is 0. The van der Waals surface area contributed by atoms with E-state index in [1.807, 2.05) is 42.5 Å². The summed E-state index contributed by atoms with van der Waals surface area (Å²) in [5.74, 6) is -1.24. The van der Waals surface area contributed by atoms with Crippen LogP contribution < -0.4 is 10.5 Å². The van der Waals surface area contributed by atoms with Crippen molar-refractivity contribution in [3.05, 3.63) is 54.6 Å². The Labute approximate surface area is 121 Å². The fourth-order valence-corrected chi connectivity index (χ4v) is 1.94. The smallest absolute Gasteiger partial charge is 0.396 e. The van der Waals surface area contributed by atoms with Gasteiger partial charge in [-0.1, -0.05) is 48.5 Å². The Kier molecular flexibility index (Phi) is 4.85. The first-order valence-electron chi connectivity index (χ1n) is 6.56. The maximum Gasteiger partial charge on any atom is 0.396 e. The van der Waals surface area contributed by atoms with Crippen molar-refractivity contribution in [2.24, 2.45) is 11.7 Å². The van der Waals surface area contributed by atoms with Crippen LogP contribution in [0.1, 0.15) is 0 Å². The first-order valence-corrected chi connectivity index (χ1v) is 6.56. The number of nitrogens with two attached hydrogens (primary N) is 1. The predicted octanol–water partition coefficient (Wildman–Crippen LogP) is 3.87. The molecular weight excluding hydrogens is 279 g/mol. The van der Waals surface area contributed by atoms with Crippen molar-refractivity contribution in [3.8, 4) is 16.9 Å². The van der Waals surface area contributed by atoms with Gasteiger partial charge in [-0.3, -0.25) is 0 Å². The zero-order valence-corrected chi connectivity index (χ0v) is 11.3. The Hall–Kier alpha value is -2.01. The zero-order chi connectivity index (χ0) is 15.3. The van der Waals surface area contributed by atoms with Gasteiger partial charge in [0.1, 0.15) is 18.3 Å². The van der Waals surface area contributed by atoms with Crippen LogP contribution in [0.25, 0.3) is 11.1 Å². The molecule has 21 heavy (non-hydrogen) atoms. The largest absolute Gasteiger partial charge is 0.492 e. The molecule has 0 heterocycles. The van der Waals surface area contributed by atoms with Gasteiger partial charge in [-0.15, -0.1) is 0 Å². The molecule has 0 radical (unpaired) electrons. The summed E-state index contributed by atoms with van der Waals surface area (Å²) in [5, 5.41) is 0. The number of ether oxygens (including phenoxy) is 1. The highest BCUT2D eigenvalue weighted by Crippen LogP contribution is 2.31. The highest BCUT2D eigenvalue weighted by Gasteiger charge is 2.39. The average Bonchev–Trinajstić information content (AvgIpc) is 2.48. The third-order valence-corrected chi connectivity index (χ3v) is 3.16. The zero-order valence-electron chi connectivity index (χ0n) is 11.3. The van der Waals surface area contributed by atoms with Gasteiger partial charge in [0.05, 0.1) is 0 Å². The molecule has 0 fully saturated rings. The van der Waals surface area contributed by atoms with Gasteiger partial charge < -0.3 is 10.5 Å². The van der Waals surface area contributed by atoms with E-state index < -0.39 is 25.2 Å². The fraction of sp³-hybridized carbons (Fsp3) is 0.250. The molecule has 0 bridgehead atoms. The first-order chi connectivity index (χ1) is 10.0. The second-order valence-corrected chi connectivity index (χ2v) is 4.65. The van der Waals surface area contributed by atoms with E-state index in [1.165, 1.54) is 0 Å². The minimum absolute atomic E-state index is 0.423. The molecule has 0 aliphatic rings. The van der Waals surface area contributed by atoms with Gasteiger partial charge in [-0.05, 0) is 11.6 Å². The molecule has 0 amide bonds. The summed E-state index contributed by atoms with van der Waals surface area (Å²) in [5.41, 5.74) is 6.83. The summed E-state index contributed by atoms with van der Waals surface area (Å²) in [7, 11) is 0. The van der Waals surface area contributed by atoms with Gasteiger partial charge in [0.25, 0.3) is 0 Å². The van der Waals surface area contributed by atoms with Crippen LogP contribution in [0.4, 0.5) is 13.2 Å². The summed E-state index contributed by atoms with van der Waals surface area (Å²) in [6.07, 6.45) is -4.35. The molecule has 0 aliphatic carbocycles. The van der Waals surface area contributed by atoms with Crippen LogP contribution in [-0.2, 0) is 0 Å². The van der Waals surface area contributed by atoms with E-state index in [1.54, 1.807) is 12.1 Å². The minimum atomic E-state index is -4.35. The molecule has 2 N–H and O–H groups in total. The third kappa shape index (κ3) is 3.98. The number of alkyl halides is 3. The molecular formula is C16H16F3NO. The SMILES string of the molecule is NCC(COc1ccccc1-c1ccccc1)C(F)(F)F. The van der Waals surface area contributed by atoms with E-state index in [9.17, 15) is 13.2 Å². The van der Waals surface area contributed by atoms with Crippen LogP contribution in [0, 0.1) is 5.92 Å². The lowest BCUT2D eigenvalue weighted by atomic mass is 10.0. The molecule has 0 spiro atoms. The van der Waals surface area contributed by atoms with Crippen molar-refractivity contribution >= 4 is 0 Å². The molecule has 0 saturated heterocycles. The van der Waals surface area contributed by atoms with Crippen LogP contribution in [0.15, 0.2) is 54.6 Å². The standard InChI is InChI=1S/C16H16F3NO/c17-16(18,19)13(10-20)11-21-15-9-5-4-8-14(15)12-6-2-1-3-7-12/h1-9,13H,10-11,20H2. The van der Waals surface area contributed by atoms with Gasteiger partial charge in [-0.2, -0.15) is 13.2 Å². The van der Waals surface area contributed by atoms with Crippen molar-refractivity contribution < 1.29 is 17.9 Å². The Morgan fingerprint density at radius 2 is 1.57 bits per heavy atom. The Morgan fingerprint density at radius 1 is 0.952 bits per heavy atom. The maximum atomic E-state index is 12.7. The van der Waals surface area contributed by atoms with Crippen LogP contribution in [0.5, 0.6) is 5.75 Å². The summed E-state index contributed by atoms with van der Waals surface area (Å²) in [6, 6.07) is 16.4. The van der Waals surface area contributed by atoms with Crippen LogP contribution >= 0.6 is 0 Å². The van der Waals surface area contributed by atoms with Crippen molar-refractivity contribution in [2.75, 3.05) is 13.2 Å². The highest BCUT2D eigenvalue weighted by molar-refractivity contribution is 5.70. The molecule has 2 aromatic carbocycles. The van der Waals surface area contributed by atoms with Gasteiger partial charge in [0, 0.05) is 12.1 Å². The van der Waals surface area contributed by atoms with E-state index in [4.69, 9.17) is 10.5 Å². The molecule has 2 rings (SSSR count). The fourth-order valence-electron chi connectivity index (χ4n) is 1.94. The third-order valence-electron chi connectivity index (χ3n) is 3.16. The molecule has 0 aliphatic heterocycles. The Balaban J connectivity index is 2.18. The lowest BCUT2D eigenvalue weighted by Crippen LogP contribution is -2.35. The molecule has 5 heteroatoms. The number of hydrogen-bond donors (Lipinski definition) is 1. The molecule has 2 nitrogen and oxygen atoms in total. The van der Waals surface area contributed by atoms with Crippen LogP contribution in [0.3, 0.4) is 0 Å². The van der Waals surface area contributed by atoms with Crippen molar-refractivity contribution in [3.63, 3.8) is 0 Å². The van der Waals surface area contributed by atoms with E-state index in [-0.39, 0.29) is 0 Å². The maximum absolute atomic E-state index is 12.7. The Bertz CT molecular complexity index is 569. The topological polar surface area (TPSA) is 35.2 Å². The number of para-hydroxylation sites is 1. The number of rotatable bonds is 5. The lowest BCUT2D eigenvalue weighted by Gasteiger charge is -2.20. The Morgan fingerprint density at radius 3 is 2.19 bits per heavy atom. The van der Waals surface area contributed by atoms with Gasteiger partial charge >= 0.3 is 6.18 Å². The van der Waals surface area contributed by atoms with Crippen molar-refractivity contribution in [1.29, 1.82) is 0 Å². The predicted molar refractivity (Wildman–Crippen MR) is 76.0 cm³/mol. The van der Waals surface area contributed by atoms with Gasteiger partial charge in [-0.25, -0.2) is 0 Å². The van der Waals surface area contributed by atoms with Crippen molar-refractivity contribution in [2.45, 2.75) is 6.18 Å². The second kappa shape index (κ2) is 6.63. The van der Waals surface area contributed by atoms with Crippen LogP contribution in [0.2, 0.25) is 0 Å². The molecule has 1 atom stereocenters. The molecule has 2 aromatic rings. The molecule has 112 valence electrons. The van der Waals surface area contributed by atoms with Crippen LogP contribution in [-0.4, -0.2) is 19.3 Å². The van der Waals surface area contributed by atoms with E-state index >= 15 is 0 Å². The minimum Gasteiger partial charge on any atom is -0.492 e. The number of hydrogen-bond acceptors (Lipinski definition) is 2. The van der Waals surface area contributed by atoms with E-state index in [0.717, 1.165) is 11.1 Å². The summed E-state index contributed by atoms with van der Waals surface area (Å²) in [6.45, 7) is -0.971. The summed E-state index contributed by atoms with van der Waals surface area (Å²) < 4.78 is 43.4.